The predicted octanol–water partition coefficient (Wildman–Crippen LogP) is 1.28. The number of nitrogens with one attached hydrogen (secondary N) is 1. The van der Waals surface area contributed by atoms with E-state index in [1.54, 1.807) is 4.98 Å². The minimum absolute atomic E-state index is 0.106. The average Bonchev–Trinajstić information content (AvgIpc) is 2.12. The summed E-state index contributed by atoms with van der Waals surface area (Å²) >= 11 is 5.12. The zero-order chi connectivity index (χ0) is 12.5. The maximum atomic E-state index is 12.9. The quantitative estimate of drug-likeness (QED) is 0.643. The van der Waals surface area contributed by atoms with E-state index in [1.807, 2.05) is 0 Å². The number of rotatable bonds is 2. The molecule has 0 bridgehead atoms. The van der Waals surface area contributed by atoms with E-state index in [2.05, 4.69) is 0 Å². The number of hydrogen-bond acceptors (Lipinski definition) is 2. The number of aromatic nitrogens is 2. The van der Waals surface area contributed by atoms with Gasteiger partial charge in [0.2, 0.25) is 5.82 Å². The molecular formula is C7H5ClF4N2O2. The number of H-pyrrole nitrogens is 1. The Labute approximate surface area is 90.5 Å². The van der Waals surface area contributed by atoms with Crippen LogP contribution in [0.25, 0.3) is 0 Å². The van der Waals surface area contributed by atoms with Crippen LogP contribution in [0, 0.1) is 5.82 Å². The molecule has 9 heteroatoms. The Morgan fingerprint density at radius 3 is 2.38 bits per heavy atom. The van der Waals surface area contributed by atoms with E-state index in [1.165, 1.54) is 0 Å². The fourth-order valence-corrected chi connectivity index (χ4v) is 1.12. The molecule has 0 fully saturated rings. The Balaban J connectivity index is 3.12. The summed E-state index contributed by atoms with van der Waals surface area (Å²) in [4.78, 5) is 23.8. The second kappa shape index (κ2) is 4.28. The third kappa shape index (κ3) is 2.84. The zero-order valence-electron chi connectivity index (χ0n) is 7.57. The average molecular weight is 261 g/mol. The maximum Gasteiger partial charge on any atom is 0.390 e. The number of hydrogen-bond donors (Lipinski definition) is 1. The Morgan fingerprint density at radius 2 is 1.88 bits per heavy atom. The lowest BCUT2D eigenvalue weighted by Crippen LogP contribution is -2.38. The van der Waals surface area contributed by atoms with Crippen LogP contribution < -0.4 is 11.2 Å². The van der Waals surface area contributed by atoms with Crippen LogP contribution in [0.2, 0.25) is 5.15 Å². The molecule has 0 saturated heterocycles. The van der Waals surface area contributed by atoms with Crippen molar-refractivity contribution in [3.8, 4) is 0 Å². The highest BCUT2D eigenvalue weighted by Gasteiger charge is 2.27. The van der Waals surface area contributed by atoms with Crippen molar-refractivity contribution in [1.29, 1.82) is 0 Å². The minimum Gasteiger partial charge on any atom is -0.295 e. The molecule has 0 atom stereocenters. The highest BCUT2D eigenvalue weighted by atomic mass is 35.5. The van der Waals surface area contributed by atoms with Gasteiger partial charge < -0.3 is 0 Å². The Kier molecular flexibility index (Phi) is 3.41. The van der Waals surface area contributed by atoms with Gasteiger partial charge in [-0.15, -0.1) is 0 Å². The van der Waals surface area contributed by atoms with Crippen LogP contribution in [-0.2, 0) is 6.54 Å². The summed E-state index contributed by atoms with van der Waals surface area (Å²) in [6.07, 6.45) is -5.95. The van der Waals surface area contributed by atoms with Gasteiger partial charge >= 0.3 is 11.9 Å². The first kappa shape index (κ1) is 12.8. The predicted molar refractivity (Wildman–Crippen MR) is 47.0 cm³/mol. The lowest BCUT2D eigenvalue weighted by molar-refractivity contribution is -0.137. The van der Waals surface area contributed by atoms with E-state index in [9.17, 15) is 27.2 Å². The molecule has 0 radical (unpaired) electrons. The normalized spacial score (nSPS) is 11.8. The van der Waals surface area contributed by atoms with Gasteiger partial charge in [0, 0.05) is 6.54 Å². The zero-order valence-corrected chi connectivity index (χ0v) is 8.32. The molecule has 0 amide bonds. The van der Waals surface area contributed by atoms with E-state index in [0.29, 0.717) is 0 Å². The van der Waals surface area contributed by atoms with Crippen molar-refractivity contribution in [3.63, 3.8) is 0 Å². The summed E-state index contributed by atoms with van der Waals surface area (Å²) in [7, 11) is 0. The molecule has 0 aliphatic carbocycles. The molecule has 16 heavy (non-hydrogen) atoms. The molecule has 1 aromatic heterocycles. The van der Waals surface area contributed by atoms with E-state index in [0.717, 1.165) is 0 Å². The van der Waals surface area contributed by atoms with E-state index < -0.39 is 41.4 Å². The highest BCUT2D eigenvalue weighted by Crippen LogP contribution is 2.19. The SMILES string of the molecule is O=c1[nH]c(Cl)c(F)c(=O)n1CCC(F)(F)F. The number of alkyl halides is 3. The van der Waals surface area contributed by atoms with Crippen molar-refractivity contribution in [2.45, 2.75) is 19.1 Å². The van der Waals surface area contributed by atoms with Crippen LogP contribution in [0.3, 0.4) is 0 Å². The summed E-state index contributed by atoms with van der Waals surface area (Å²) < 4.78 is 48.5. The smallest absolute Gasteiger partial charge is 0.295 e. The molecule has 0 saturated carbocycles. The molecule has 0 spiro atoms. The molecule has 1 heterocycles. The van der Waals surface area contributed by atoms with Gasteiger partial charge in [-0.05, 0) is 0 Å². The van der Waals surface area contributed by atoms with Crippen molar-refractivity contribution < 1.29 is 17.6 Å². The lowest BCUT2D eigenvalue weighted by Gasteiger charge is -2.07. The second-order valence-corrected chi connectivity index (χ2v) is 3.26. The monoisotopic (exact) mass is 260 g/mol. The van der Waals surface area contributed by atoms with Crippen molar-refractivity contribution in [3.05, 3.63) is 31.8 Å². The Hall–Kier alpha value is -1.31. The van der Waals surface area contributed by atoms with Crippen LogP contribution >= 0.6 is 11.6 Å². The van der Waals surface area contributed by atoms with Gasteiger partial charge in [0.05, 0.1) is 6.42 Å². The number of aromatic amines is 1. The molecule has 90 valence electrons. The molecule has 0 unspecified atom stereocenters. The van der Waals surface area contributed by atoms with E-state index in [-0.39, 0.29) is 4.57 Å². The topological polar surface area (TPSA) is 54.9 Å². The highest BCUT2D eigenvalue weighted by molar-refractivity contribution is 6.29. The van der Waals surface area contributed by atoms with Gasteiger partial charge in [-0.3, -0.25) is 14.3 Å². The molecule has 4 nitrogen and oxygen atoms in total. The first-order valence-electron chi connectivity index (χ1n) is 3.97. The van der Waals surface area contributed by atoms with Crippen LogP contribution in [-0.4, -0.2) is 15.7 Å². The molecular weight excluding hydrogens is 256 g/mol. The fourth-order valence-electron chi connectivity index (χ4n) is 0.963. The molecule has 1 aromatic rings. The summed E-state index contributed by atoms with van der Waals surface area (Å²) in [5.41, 5.74) is -2.65. The van der Waals surface area contributed by atoms with E-state index >= 15 is 0 Å². The van der Waals surface area contributed by atoms with Crippen LogP contribution in [0.1, 0.15) is 6.42 Å². The Morgan fingerprint density at radius 1 is 1.31 bits per heavy atom. The van der Waals surface area contributed by atoms with Crippen LogP contribution in [0.4, 0.5) is 17.6 Å². The van der Waals surface area contributed by atoms with Crippen LogP contribution in [0.15, 0.2) is 9.59 Å². The third-order valence-corrected chi connectivity index (χ3v) is 1.97. The van der Waals surface area contributed by atoms with Crippen molar-refractivity contribution in [2.24, 2.45) is 0 Å². The standard InChI is InChI=1S/C7H5ClF4N2O2/c8-4-3(9)5(15)14(6(16)13-4)2-1-7(10,11)12/h1-2H2,(H,13,16). The second-order valence-electron chi connectivity index (χ2n) is 2.88. The van der Waals surface area contributed by atoms with Crippen molar-refractivity contribution in [1.82, 2.24) is 9.55 Å². The molecule has 1 N–H and O–H groups in total. The van der Waals surface area contributed by atoms with Crippen molar-refractivity contribution >= 4 is 11.6 Å². The van der Waals surface area contributed by atoms with Gasteiger partial charge in [-0.2, -0.15) is 17.6 Å². The van der Waals surface area contributed by atoms with Gasteiger partial charge in [0.25, 0.3) is 5.56 Å². The first-order chi connectivity index (χ1) is 7.22. The largest absolute Gasteiger partial charge is 0.390 e. The van der Waals surface area contributed by atoms with E-state index in [4.69, 9.17) is 11.6 Å². The molecule has 0 aromatic carbocycles. The van der Waals surface area contributed by atoms with Gasteiger partial charge in [0.15, 0.2) is 5.15 Å². The third-order valence-electron chi connectivity index (χ3n) is 1.71. The maximum absolute atomic E-state index is 12.9. The molecule has 1 rings (SSSR count). The first-order valence-corrected chi connectivity index (χ1v) is 4.35. The number of nitrogens with zero attached hydrogens (tertiary/aromatic N) is 1. The molecule has 0 aliphatic rings. The van der Waals surface area contributed by atoms with Crippen LogP contribution in [0.5, 0.6) is 0 Å². The number of halogens is 5. The Bertz CT molecular complexity index is 505. The fraction of sp³-hybridized carbons (Fsp3) is 0.429. The van der Waals surface area contributed by atoms with Gasteiger partial charge in [-0.25, -0.2) is 4.79 Å². The lowest BCUT2D eigenvalue weighted by atomic mass is 10.4. The summed E-state index contributed by atoms with van der Waals surface area (Å²) in [5, 5.41) is -0.821. The minimum atomic E-state index is -4.54. The van der Waals surface area contributed by atoms with Gasteiger partial charge in [0.1, 0.15) is 0 Å². The van der Waals surface area contributed by atoms with Gasteiger partial charge in [-0.1, -0.05) is 11.6 Å². The summed E-state index contributed by atoms with van der Waals surface area (Å²) in [5.74, 6) is -1.48. The summed E-state index contributed by atoms with van der Waals surface area (Å²) in [6.45, 7) is -0.953. The summed E-state index contributed by atoms with van der Waals surface area (Å²) in [6, 6.07) is 0. The van der Waals surface area contributed by atoms with Crippen molar-refractivity contribution in [2.75, 3.05) is 0 Å². The molecule has 0 aliphatic heterocycles.